The first-order valence-electron chi connectivity index (χ1n) is 8.17. The van der Waals surface area contributed by atoms with E-state index in [2.05, 4.69) is 41.4 Å². The number of H-pyrrole nitrogens is 1. The highest BCUT2D eigenvalue weighted by Gasteiger charge is 2.15. The largest absolute Gasteiger partial charge is 0.507 e. The van der Waals surface area contributed by atoms with Crippen LogP contribution in [0.4, 0.5) is 0 Å². The molecule has 4 nitrogen and oxygen atoms in total. The van der Waals surface area contributed by atoms with Crippen molar-refractivity contribution in [3.05, 3.63) is 71.0 Å². The Morgan fingerprint density at radius 1 is 1.08 bits per heavy atom. The monoisotopic (exact) mass is 347 g/mol. The average Bonchev–Trinajstić information content (AvgIpc) is 3.02. The summed E-state index contributed by atoms with van der Waals surface area (Å²) in [4.78, 5) is 0. The highest BCUT2D eigenvalue weighted by Crippen LogP contribution is 2.32. The molecule has 0 saturated carbocycles. The quantitative estimate of drug-likeness (QED) is 0.512. The molecule has 1 aromatic heterocycles. The summed E-state index contributed by atoms with van der Waals surface area (Å²) in [7, 11) is 0. The molecule has 0 saturated heterocycles. The summed E-state index contributed by atoms with van der Waals surface area (Å²) in [6.45, 7) is 2.14. The van der Waals surface area contributed by atoms with Crippen LogP contribution in [-0.2, 0) is 6.42 Å². The summed E-state index contributed by atoms with van der Waals surface area (Å²) in [6, 6.07) is 19.7. The first-order chi connectivity index (χ1) is 12.2. The van der Waals surface area contributed by atoms with Crippen LogP contribution >= 0.6 is 12.2 Å². The SMILES string of the molecule is CCc1ccc2cccc(-n3c(-c4ccccc4O)n[nH]c3=S)c2c1. The number of aromatic amines is 1. The molecular weight excluding hydrogens is 330 g/mol. The summed E-state index contributed by atoms with van der Waals surface area (Å²) in [5.41, 5.74) is 2.85. The number of phenols is 1. The molecule has 0 unspecified atom stereocenters. The van der Waals surface area contributed by atoms with Gasteiger partial charge in [0.25, 0.3) is 0 Å². The predicted octanol–water partition coefficient (Wildman–Crippen LogP) is 5.02. The number of para-hydroxylation sites is 1. The zero-order chi connectivity index (χ0) is 17.4. The number of aromatic nitrogens is 3. The molecule has 0 radical (unpaired) electrons. The molecule has 0 spiro atoms. The molecule has 0 atom stereocenters. The van der Waals surface area contributed by atoms with Gasteiger partial charge < -0.3 is 5.11 Å². The molecule has 124 valence electrons. The minimum Gasteiger partial charge on any atom is -0.507 e. The first-order valence-corrected chi connectivity index (χ1v) is 8.57. The van der Waals surface area contributed by atoms with Crippen molar-refractivity contribution in [2.45, 2.75) is 13.3 Å². The van der Waals surface area contributed by atoms with Crippen LogP contribution < -0.4 is 0 Å². The van der Waals surface area contributed by atoms with Gasteiger partial charge in [-0.2, -0.15) is 5.10 Å². The topological polar surface area (TPSA) is 53.8 Å². The number of aromatic hydroxyl groups is 1. The van der Waals surface area contributed by atoms with Crippen LogP contribution in [-0.4, -0.2) is 19.9 Å². The van der Waals surface area contributed by atoms with E-state index >= 15 is 0 Å². The van der Waals surface area contributed by atoms with Crippen molar-refractivity contribution in [3.63, 3.8) is 0 Å². The molecule has 0 aliphatic rings. The smallest absolute Gasteiger partial charge is 0.200 e. The second kappa shape index (κ2) is 6.18. The van der Waals surface area contributed by atoms with Crippen LogP contribution in [0.5, 0.6) is 5.75 Å². The Morgan fingerprint density at radius 2 is 1.92 bits per heavy atom. The Morgan fingerprint density at radius 3 is 2.72 bits per heavy atom. The van der Waals surface area contributed by atoms with Crippen LogP contribution in [0.25, 0.3) is 27.8 Å². The van der Waals surface area contributed by atoms with E-state index in [0.717, 1.165) is 22.9 Å². The molecule has 25 heavy (non-hydrogen) atoms. The van der Waals surface area contributed by atoms with Crippen molar-refractivity contribution in [3.8, 4) is 22.8 Å². The average molecular weight is 347 g/mol. The molecular formula is C20H17N3OS. The van der Waals surface area contributed by atoms with E-state index in [4.69, 9.17) is 12.2 Å². The molecule has 5 heteroatoms. The van der Waals surface area contributed by atoms with Gasteiger partial charge in [-0.3, -0.25) is 9.67 Å². The number of hydrogen-bond donors (Lipinski definition) is 2. The van der Waals surface area contributed by atoms with Crippen LogP contribution in [0.1, 0.15) is 12.5 Å². The van der Waals surface area contributed by atoms with E-state index in [1.165, 1.54) is 5.56 Å². The summed E-state index contributed by atoms with van der Waals surface area (Å²) < 4.78 is 2.37. The number of nitrogens with zero attached hydrogens (tertiary/aromatic N) is 2. The Bertz CT molecular complexity index is 1130. The maximum atomic E-state index is 10.2. The summed E-state index contributed by atoms with van der Waals surface area (Å²) in [5, 5.41) is 19.7. The van der Waals surface area contributed by atoms with Crippen molar-refractivity contribution in [2.75, 3.05) is 0 Å². The van der Waals surface area contributed by atoms with Gasteiger partial charge in [0.1, 0.15) is 5.75 Å². The van der Waals surface area contributed by atoms with E-state index in [9.17, 15) is 5.11 Å². The molecule has 3 aromatic carbocycles. The van der Waals surface area contributed by atoms with Gasteiger partial charge in [-0.15, -0.1) is 0 Å². The third kappa shape index (κ3) is 2.62. The molecule has 1 heterocycles. The van der Waals surface area contributed by atoms with Crippen LogP contribution in [0.15, 0.2) is 60.7 Å². The van der Waals surface area contributed by atoms with Crippen LogP contribution in [0.2, 0.25) is 0 Å². The predicted molar refractivity (Wildman–Crippen MR) is 103 cm³/mol. The minimum absolute atomic E-state index is 0.173. The summed E-state index contributed by atoms with van der Waals surface area (Å²) >= 11 is 5.49. The zero-order valence-electron chi connectivity index (χ0n) is 13.7. The molecule has 4 rings (SSSR count). The van der Waals surface area contributed by atoms with E-state index in [1.807, 2.05) is 28.8 Å². The fraction of sp³-hybridized carbons (Fsp3) is 0.100. The maximum Gasteiger partial charge on any atom is 0.200 e. The van der Waals surface area contributed by atoms with Gasteiger partial charge >= 0.3 is 0 Å². The van der Waals surface area contributed by atoms with E-state index in [1.54, 1.807) is 12.1 Å². The third-order valence-corrected chi connectivity index (χ3v) is 4.66. The molecule has 4 aromatic rings. The van der Waals surface area contributed by atoms with Crippen LogP contribution in [0, 0.1) is 4.77 Å². The Labute approximate surface area is 150 Å². The maximum absolute atomic E-state index is 10.2. The van der Waals surface area contributed by atoms with Gasteiger partial charge in [-0.1, -0.05) is 43.3 Å². The van der Waals surface area contributed by atoms with Gasteiger partial charge in [0.15, 0.2) is 10.6 Å². The molecule has 0 fully saturated rings. The molecule has 0 bridgehead atoms. The highest BCUT2D eigenvalue weighted by atomic mass is 32.1. The van der Waals surface area contributed by atoms with Gasteiger partial charge in [-0.05, 0) is 53.9 Å². The Kier molecular flexibility index (Phi) is 3.86. The number of fused-ring (bicyclic) bond motifs is 1. The number of aryl methyl sites for hydroxylation is 1. The fourth-order valence-corrected chi connectivity index (χ4v) is 3.31. The van der Waals surface area contributed by atoms with Crippen LogP contribution in [0.3, 0.4) is 0 Å². The Balaban J connectivity index is 2.04. The fourth-order valence-electron chi connectivity index (χ4n) is 3.08. The lowest BCUT2D eigenvalue weighted by Crippen LogP contribution is -1.99. The van der Waals surface area contributed by atoms with Gasteiger partial charge in [0.2, 0.25) is 0 Å². The molecule has 0 aliphatic heterocycles. The summed E-state index contributed by atoms with van der Waals surface area (Å²) in [5.74, 6) is 0.768. The normalized spacial score (nSPS) is 11.1. The number of nitrogens with one attached hydrogen (secondary N) is 1. The number of phenolic OH excluding ortho intramolecular Hbond substituents is 1. The number of benzene rings is 3. The van der Waals surface area contributed by atoms with E-state index in [0.29, 0.717) is 16.2 Å². The standard InChI is InChI=1S/C20H17N3OS/c1-2-13-10-11-14-6-5-8-17(16(14)12-13)23-19(21-22-20(23)25)15-7-3-4-9-18(15)24/h3-12,24H,2H2,1H3,(H,22,25). The van der Waals surface area contributed by atoms with Crippen molar-refractivity contribution < 1.29 is 5.11 Å². The van der Waals surface area contributed by atoms with Crippen molar-refractivity contribution >= 4 is 23.0 Å². The lowest BCUT2D eigenvalue weighted by molar-refractivity contribution is 0.476. The van der Waals surface area contributed by atoms with Gasteiger partial charge in [-0.25, -0.2) is 0 Å². The second-order valence-corrected chi connectivity index (χ2v) is 6.28. The lowest BCUT2D eigenvalue weighted by Gasteiger charge is -2.12. The molecule has 2 N–H and O–H groups in total. The minimum atomic E-state index is 0.173. The van der Waals surface area contributed by atoms with E-state index < -0.39 is 0 Å². The van der Waals surface area contributed by atoms with Gasteiger partial charge in [0.05, 0.1) is 11.3 Å². The highest BCUT2D eigenvalue weighted by molar-refractivity contribution is 7.71. The lowest BCUT2D eigenvalue weighted by atomic mass is 10.0. The van der Waals surface area contributed by atoms with Gasteiger partial charge in [0, 0.05) is 5.39 Å². The molecule has 0 aliphatic carbocycles. The Hall–Kier alpha value is -2.92. The number of rotatable bonds is 3. The second-order valence-electron chi connectivity index (χ2n) is 5.89. The van der Waals surface area contributed by atoms with Crippen molar-refractivity contribution in [1.29, 1.82) is 0 Å². The third-order valence-electron chi connectivity index (χ3n) is 4.39. The zero-order valence-corrected chi connectivity index (χ0v) is 14.5. The molecule has 0 amide bonds. The summed E-state index contributed by atoms with van der Waals surface area (Å²) in [6.07, 6.45) is 0.966. The van der Waals surface area contributed by atoms with Crippen molar-refractivity contribution in [1.82, 2.24) is 14.8 Å². The van der Waals surface area contributed by atoms with Crippen molar-refractivity contribution in [2.24, 2.45) is 0 Å². The van der Waals surface area contributed by atoms with E-state index in [-0.39, 0.29) is 5.75 Å². The first kappa shape index (κ1) is 15.6. The number of hydrogen-bond acceptors (Lipinski definition) is 3.